The van der Waals surface area contributed by atoms with Crippen LogP contribution in [0.4, 0.5) is 0 Å². The average Bonchev–Trinajstić information content (AvgIpc) is 3.09. The number of benzene rings is 2. The van der Waals surface area contributed by atoms with Crippen LogP contribution in [0.1, 0.15) is 25.7 Å². The lowest BCUT2D eigenvalue weighted by Crippen LogP contribution is -2.52. The highest BCUT2D eigenvalue weighted by molar-refractivity contribution is 9.10. The largest absolute Gasteiger partial charge is 0.483 e. The number of carbonyl (C=O) groups excluding carboxylic acids is 2. The van der Waals surface area contributed by atoms with Gasteiger partial charge in [-0.1, -0.05) is 43.2 Å². The van der Waals surface area contributed by atoms with E-state index in [1.807, 2.05) is 46.2 Å². The molecule has 0 bridgehead atoms. The lowest BCUT2D eigenvalue weighted by Gasteiger charge is -2.35. The van der Waals surface area contributed by atoms with Gasteiger partial charge in [-0.15, -0.1) is 0 Å². The van der Waals surface area contributed by atoms with Crippen molar-refractivity contribution in [3.63, 3.8) is 0 Å². The number of carbonyl (C=O) groups is 2. The summed E-state index contributed by atoms with van der Waals surface area (Å²) in [5.74, 6) is 0.887. The fourth-order valence-electron chi connectivity index (χ4n) is 4.32. The smallest absolute Gasteiger partial charge is 0.260 e. The Kier molecular flexibility index (Phi) is 7.45. The maximum absolute atomic E-state index is 12.7. The Hall–Kier alpha value is -2.12. The van der Waals surface area contributed by atoms with Crippen molar-refractivity contribution in [3.05, 3.63) is 40.9 Å². The first kappa shape index (κ1) is 22.1. The standard InChI is InChI=1S/C24H30BrN3O3/c25-24-20-8-4-3-7-19(20)9-10-21(24)31-18-23(30)28-15-13-26(14-16-28)17-22(29)27-11-5-1-2-6-12-27/h3-4,7-10H,1-2,5-6,11-18H2. The molecule has 2 aromatic carbocycles. The molecular formula is C24H30BrN3O3. The summed E-state index contributed by atoms with van der Waals surface area (Å²) < 4.78 is 6.70. The zero-order valence-corrected chi connectivity index (χ0v) is 19.5. The second-order valence-electron chi connectivity index (χ2n) is 8.34. The normalized spacial score (nSPS) is 18.1. The third kappa shape index (κ3) is 5.57. The highest BCUT2D eigenvalue weighted by Gasteiger charge is 2.25. The second-order valence-corrected chi connectivity index (χ2v) is 9.13. The molecule has 2 fully saturated rings. The van der Waals surface area contributed by atoms with Gasteiger partial charge in [0.2, 0.25) is 5.91 Å². The van der Waals surface area contributed by atoms with Crippen molar-refractivity contribution >= 4 is 38.5 Å². The molecule has 2 heterocycles. The van der Waals surface area contributed by atoms with E-state index in [1.54, 1.807) is 0 Å². The Labute approximate surface area is 192 Å². The van der Waals surface area contributed by atoms with Gasteiger partial charge in [0.05, 0.1) is 11.0 Å². The van der Waals surface area contributed by atoms with Crippen LogP contribution in [0, 0.1) is 0 Å². The molecule has 31 heavy (non-hydrogen) atoms. The molecular weight excluding hydrogens is 458 g/mol. The van der Waals surface area contributed by atoms with Crippen LogP contribution in [0.2, 0.25) is 0 Å². The van der Waals surface area contributed by atoms with E-state index in [2.05, 4.69) is 20.8 Å². The fraction of sp³-hybridized carbons (Fsp3) is 0.500. The van der Waals surface area contributed by atoms with Crippen LogP contribution in [-0.2, 0) is 9.59 Å². The Bertz CT molecular complexity index is 919. The van der Waals surface area contributed by atoms with Crippen LogP contribution < -0.4 is 4.74 Å². The van der Waals surface area contributed by atoms with E-state index in [0.717, 1.165) is 54.3 Å². The summed E-state index contributed by atoms with van der Waals surface area (Å²) in [5, 5.41) is 2.19. The van der Waals surface area contributed by atoms with Crippen LogP contribution in [0.5, 0.6) is 5.75 Å². The van der Waals surface area contributed by atoms with E-state index < -0.39 is 0 Å². The molecule has 166 valence electrons. The van der Waals surface area contributed by atoms with Crippen LogP contribution in [0.25, 0.3) is 10.8 Å². The monoisotopic (exact) mass is 487 g/mol. The van der Waals surface area contributed by atoms with E-state index in [-0.39, 0.29) is 18.4 Å². The van der Waals surface area contributed by atoms with E-state index in [9.17, 15) is 9.59 Å². The minimum atomic E-state index is -0.0152. The number of halogens is 1. The molecule has 0 unspecified atom stereocenters. The molecule has 2 aliphatic rings. The van der Waals surface area contributed by atoms with Gasteiger partial charge in [0, 0.05) is 39.3 Å². The number of hydrogen-bond donors (Lipinski definition) is 0. The molecule has 0 saturated carbocycles. The predicted molar refractivity (Wildman–Crippen MR) is 125 cm³/mol. The maximum atomic E-state index is 12.7. The molecule has 2 amide bonds. The molecule has 0 atom stereocenters. The summed E-state index contributed by atoms with van der Waals surface area (Å²) in [7, 11) is 0. The minimum Gasteiger partial charge on any atom is -0.483 e. The first-order valence-electron chi connectivity index (χ1n) is 11.2. The number of fused-ring (bicyclic) bond motifs is 1. The van der Waals surface area contributed by atoms with Gasteiger partial charge in [-0.25, -0.2) is 0 Å². The van der Waals surface area contributed by atoms with Gasteiger partial charge in [-0.3, -0.25) is 14.5 Å². The van der Waals surface area contributed by atoms with Crippen LogP contribution in [0.15, 0.2) is 40.9 Å². The van der Waals surface area contributed by atoms with Crippen molar-refractivity contribution < 1.29 is 14.3 Å². The number of hydrogen-bond acceptors (Lipinski definition) is 4. The SMILES string of the molecule is O=C(COc1ccc2ccccc2c1Br)N1CCN(CC(=O)N2CCCCCC2)CC1. The minimum absolute atomic E-state index is 0.0152. The van der Waals surface area contributed by atoms with Crippen LogP contribution in [0.3, 0.4) is 0 Å². The van der Waals surface area contributed by atoms with Gasteiger partial charge in [-0.05, 0) is 45.6 Å². The summed E-state index contributed by atoms with van der Waals surface area (Å²) in [6.07, 6.45) is 4.67. The Morgan fingerprint density at radius 1 is 0.806 bits per heavy atom. The van der Waals surface area contributed by atoms with E-state index >= 15 is 0 Å². The molecule has 6 nitrogen and oxygen atoms in total. The lowest BCUT2D eigenvalue weighted by molar-refractivity contribution is -0.136. The first-order chi connectivity index (χ1) is 15.1. The third-order valence-electron chi connectivity index (χ3n) is 6.22. The molecule has 0 radical (unpaired) electrons. The summed E-state index contributed by atoms with van der Waals surface area (Å²) in [5.41, 5.74) is 0. The molecule has 0 spiro atoms. The summed E-state index contributed by atoms with van der Waals surface area (Å²) in [6, 6.07) is 12.0. The number of piperazine rings is 1. The van der Waals surface area contributed by atoms with Gasteiger partial charge < -0.3 is 14.5 Å². The summed E-state index contributed by atoms with van der Waals surface area (Å²) >= 11 is 3.60. The van der Waals surface area contributed by atoms with E-state index in [1.165, 1.54) is 12.8 Å². The quantitative estimate of drug-likeness (QED) is 0.647. The second kappa shape index (κ2) is 10.5. The Morgan fingerprint density at radius 2 is 1.48 bits per heavy atom. The molecule has 4 rings (SSSR count). The summed E-state index contributed by atoms with van der Waals surface area (Å²) in [4.78, 5) is 31.3. The van der Waals surface area contributed by atoms with Crippen molar-refractivity contribution in [1.82, 2.24) is 14.7 Å². The molecule has 0 N–H and O–H groups in total. The van der Waals surface area contributed by atoms with Crippen LogP contribution in [-0.4, -0.2) is 78.9 Å². The predicted octanol–water partition coefficient (Wildman–Crippen LogP) is 3.53. The summed E-state index contributed by atoms with van der Waals surface area (Å²) in [6.45, 7) is 4.98. The molecule has 0 aromatic heterocycles. The van der Waals surface area contributed by atoms with Gasteiger partial charge in [0.25, 0.3) is 5.91 Å². The molecule has 0 aliphatic carbocycles. The van der Waals surface area contributed by atoms with Crippen molar-refractivity contribution in [3.8, 4) is 5.75 Å². The lowest BCUT2D eigenvalue weighted by atomic mass is 10.1. The first-order valence-corrected chi connectivity index (χ1v) is 12.0. The zero-order valence-electron chi connectivity index (χ0n) is 17.9. The van der Waals surface area contributed by atoms with Gasteiger partial charge in [-0.2, -0.15) is 0 Å². The molecule has 2 aliphatic heterocycles. The number of ether oxygens (including phenoxy) is 1. The number of rotatable bonds is 5. The van der Waals surface area contributed by atoms with Crippen molar-refractivity contribution in [1.29, 1.82) is 0 Å². The average molecular weight is 488 g/mol. The van der Waals surface area contributed by atoms with E-state index in [4.69, 9.17) is 4.74 Å². The third-order valence-corrected chi connectivity index (χ3v) is 7.04. The highest BCUT2D eigenvalue weighted by Crippen LogP contribution is 2.33. The maximum Gasteiger partial charge on any atom is 0.260 e. The molecule has 2 saturated heterocycles. The van der Waals surface area contributed by atoms with Crippen LogP contribution >= 0.6 is 15.9 Å². The Balaban J connectivity index is 1.24. The van der Waals surface area contributed by atoms with Gasteiger partial charge >= 0.3 is 0 Å². The zero-order chi connectivity index (χ0) is 21.6. The highest BCUT2D eigenvalue weighted by atomic mass is 79.9. The van der Waals surface area contributed by atoms with Crippen molar-refractivity contribution in [2.24, 2.45) is 0 Å². The van der Waals surface area contributed by atoms with Gasteiger partial charge in [0.1, 0.15) is 5.75 Å². The van der Waals surface area contributed by atoms with E-state index in [0.29, 0.717) is 25.4 Å². The van der Waals surface area contributed by atoms with Gasteiger partial charge in [0.15, 0.2) is 6.61 Å². The van der Waals surface area contributed by atoms with Crippen molar-refractivity contribution in [2.45, 2.75) is 25.7 Å². The number of likely N-dealkylation sites (tertiary alicyclic amines) is 1. The fourth-order valence-corrected chi connectivity index (χ4v) is 4.93. The molecule has 7 heteroatoms. The Morgan fingerprint density at radius 3 is 2.23 bits per heavy atom. The number of nitrogens with zero attached hydrogens (tertiary/aromatic N) is 3. The number of amides is 2. The van der Waals surface area contributed by atoms with Crippen molar-refractivity contribution in [2.75, 3.05) is 52.4 Å². The topological polar surface area (TPSA) is 53.1 Å². The molecule has 2 aromatic rings.